The van der Waals surface area contributed by atoms with Crippen LogP contribution in [0, 0.1) is 18.6 Å². The molecule has 3 nitrogen and oxygen atoms in total. The zero-order valence-electron chi connectivity index (χ0n) is 10.5. The largest absolute Gasteiger partial charge is 0.399 e. The molecule has 20 heavy (non-hydrogen) atoms. The van der Waals surface area contributed by atoms with Gasteiger partial charge in [0, 0.05) is 5.69 Å². The lowest BCUT2D eigenvalue weighted by Crippen LogP contribution is -2.15. The van der Waals surface area contributed by atoms with Crippen molar-refractivity contribution in [1.82, 2.24) is 0 Å². The summed E-state index contributed by atoms with van der Waals surface area (Å²) in [6.45, 7) is 1.47. The molecule has 3 N–H and O–H groups in total. The predicted octanol–water partition coefficient (Wildman–Crippen LogP) is 3.76. The molecule has 0 bridgehead atoms. The predicted molar refractivity (Wildman–Crippen MR) is 74.9 cm³/mol. The van der Waals surface area contributed by atoms with E-state index in [4.69, 9.17) is 17.3 Å². The molecule has 0 aliphatic heterocycles. The second-order valence-electron chi connectivity index (χ2n) is 4.25. The molecule has 6 heteroatoms. The minimum atomic E-state index is -0.854. The number of hydrogen-bond donors (Lipinski definition) is 2. The SMILES string of the molecule is Cc1ccc(F)c(NC(=O)c2ccc(N)cc2Cl)c1F. The van der Waals surface area contributed by atoms with Crippen LogP contribution in [0.1, 0.15) is 15.9 Å². The maximum Gasteiger partial charge on any atom is 0.257 e. The molecule has 0 atom stereocenters. The van der Waals surface area contributed by atoms with Crippen LogP contribution in [0.5, 0.6) is 0 Å². The van der Waals surface area contributed by atoms with Crippen molar-refractivity contribution in [3.8, 4) is 0 Å². The molecule has 0 unspecified atom stereocenters. The molecule has 0 heterocycles. The molecule has 104 valence electrons. The van der Waals surface area contributed by atoms with Gasteiger partial charge in [0.05, 0.1) is 10.6 Å². The number of nitrogens with two attached hydrogens (primary N) is 1. The lowest BCUT2D eigenvalue weighted by atomic mass is 10.1. The summed E-state index contributed by atoms with van der Waals surface area (Å²) in [4.78, 5) is 12.0. The molecule has 0 aromatic heterocycles. The zero-order valence-corrected chi connectivity index (χ0v) is 11.3. The van der Waals surface area contributed by atoms with Gasteiger partial charge in [-0.1, -0.05) is 17.7 Å². The highest BCUT2D eigenvalue weighted by Crippen LogP contribution is 2.24. The molecule has 0 saturated carbocycles. The number of nitrogen functional groups attached to an aromatic ring is 1. The summed E-state index contributed by atoms with van der Waals surface area (Å²) in [6, 6.07) is 6.62. The lowest BCUT2D eigenvalue weighted by molar-refractivity contribution is 0.102. The van der Waals surface area contributed by atoms with E-state index in [-0.39, 0.29) is 16.1 Å². The fourth-order valence-corrected chi connectivity index (χ4v) is 1.94. The summed E-state index contributed by atoms with van der Waals surface area (Å²) in [5, 5.41) is 2.29. The second kappa shape index (κ2) is 5.46. The van der Waals surface area contributed by atoms with Gasteiger partial charge in [0.15, 0.2) is 5.82 Å². The van der Waals surface area contributed by atoms with Gasteiger partial charge in [-0.2, -0.15) is 0 Å². The fourth-order valence-electron chi connectivity index (χ4n) is 1.67. The lowest BCUT2D eigenvalue weighted by Gasteiger charge is -2.10. The quantitative estimate of drug-likeness (QED) is 0.829. The number of aryl methyl sites for hydroxylation is 1. The first kappa shape index (κ1) is 14.3. The minimum absolute atomic E-state index is 0.0844. The fraction of sp³-hybridized carbons (Fsp3) is 0.0714. The standard InChI is InChI=1S/C14H11ClF2N2O/c1-7-2-5-11(16)13(12(7)17)19-14(20)9-4-3-8(18)6-10(9)15/h2-6H,18H2,1H3,(H,19,20). The Kier molecular flexibility index (Phi) is 3.90. The Hall–Kier alpha value is -2.14. The molecular weight excluding hydrogens is 286 g/mol. The normalized spacial score (nSPS) is 10.4. The van der Waals surface area contributed by atoms with E-state index in [1.807, 2.05) is 0 Å². The molecule has 0 spiro atoms. The first-order valence-corrected chi connectivity index (χ1v) is 6.09. The van der Waals surface area contributed by atoms with E-state index in [1.54, 1.807) is 0 Å². The number of anilines is 2. The van der Waals surface area contributed by atoms with Gasteiger partial charge in [-0.15, -0.1) is 0 Å². The van der Waals surface area contributed by atoms with Crippen molar-refractivity contribution in [1.29, 1.82) is 0 Å². The van der Waals surface area contributed by atoms with Gasteiger partial charge in [0.1, 0.15) is 11.5 Å². The van der Waals surface area contributed by atoms with E-state index in [9.17, 15) is 13.6 Å². The summed E-state index contributed by atoms with van der Waals surface area (Å²) in [7, 11) is 0. The minimum Gasteiger partial charge on any atom is -0.399 e. The van der Waals surface area contributed by atoms with Crippen molar-refractivity contribution in [2.75, 3.05) is 11.1 Å². The number of hydrogen-bond acceptors (Lipinski definition) is 2. The van der Waals surface area contributed by atoms with Crippen molar-refractivity contribution in [3.63, 3.8) is 0 Å². The smallest absolute Gasteiger partial charge is 0.257 e. The number of rotatable bonds is 2. The van der Waals surface area contributed by atoms with Crippen LogP contribution in [0.4, 0.5) is 20.2 Å². The summed E-state index contributed by atoms with van der Waals surface area (Å²) in [5.41, 5.74) is 5.71. The van der Waals surface area contributed by atoms with Crippen LogP contribution in [0.3, 0.4) is 0 Å². The van der Waals surface area contributed by atoms with Crippen molar-refractivity contribution in [2.24, 2.45) is 0 Å². The molecule has 0 fully saturated rings. The van der Waals surface area contributed by atoms with E-state index in [2.05, 4.69) is 5.32 Å². The van der Waals surface area contributed by atoms with Crippen molar-refractivity contribution in [2.45, 2.75) is 6.92 Å². The Bertz CT molecular complexity index is 689. The Labute approximate surface area is 119 Å². The van der Waals surface area contributed by atoms with Crippen LogP contribution in [0.25, 0.3) is 0 Å². The average molecular weight is 297 g/mol. The van der Waals surface area contributed by atoms with Gasteiger partial charge in [-0.3, -0.25) is 4.79 Å². The van der Waals surface area contributed by atoms with E-state index in [0.717, 1.165) is 6.07 Å². The number of benzene rings is 2. The van der Waals surface area contributed by atoms with Crippen molar-refractivity contribution >= 4 is 28.9 Å². The summed E-state index contributed by atoms with van der Waals surface area (Å²) >= 11 is 5.87. The second-order valence-corrected chi connectivity index (χ2v) is 4.65. The maximum absolute atomic E-state index is 13.8. The van der Waals surface area contributed by atoms with Gasteiger partial charge in [0.25, 0.3) is 5.91 Å². The van der Waals surface area contributed by atoms with Crippen LogP contribution in [0.2, 0.25) is 5.02 Å². The molecule has 2 rings (SSSR count). The van der Waals surface area contributed by atoms with E-state index in [0.29, 0.717) is 5.69 Å². The Morgan fingerprint density at radius 3 is 2.60 bits per heavy atom. The van der Waals surface area contributed by atoms with E-state index in [1.165, 1.54) is 31.2 Å². The van der Waals surface area contributed by atoms with E-state index < -0.39 is 23.2 Å². The van der Waals surface area contributed by atoms with Gasteiger partial charge in [0.2, 0.25) is 0 Å². The Morgan fingerprint density at radius 1 is 1.25 bits per heavy atom. The summed E-state index contributed by atoms with van der Waals surface area (Å²) < 4.78 is 27.4. The Balaban J connectivity index is 2.35. The average Bonchev–Trinajstić information content (AvgIpc) is 2.39. The van der Waals surface area contributed by atoms with E-state index >= 15 is 0 Å². The Morgan fingerprint density at radius 2 is 1.95 bits per heavy atom. The number of amides is 1. The van der Waals surface area contributed by atoms with Crippen molar-refractivity contribution < 1.29 is 13.6 Å². The highest BCUT2D eigenvalue weighted by atomic mass is 35.5. The third kappa shape index (κ3) is 2.72. The molecular formula is C14H11ClF2N2O. The highest BCUT2D eigenvalue weighted by Gasteiger charge is 2.17. The molecule has 0 aliphatic rings. The number of halogens is 3. The van der Waals surface area contributed by atoms with Gasteiger partial charge >= 0.3 is 0 Å². The molecule has 0 radical (unpaired) electrons. The third-order valence-electron chi connectivity index (χ3n) is 2.76. The van der Waals surface area contributed by atoms with Gasteiger partial charge in [-0.05, 0) is 36.8 Å². The zero-order chi connectivity index (χ0) is 14.9. The van der Waals surface area contributed by atoms with Crippen LogP contribution < -0.4 is 11.1 Å². The first-order chi connectivity index (χ1) is 9.40. The summed E-state index contributed by atoms with van der Waals surface area (Å²) in [5.74, 6) is -2.38. The van der Waals surface area contributed by atoms with Crippen molar-refractivity contribution in [3.05, 3.63) is 58.1 Å². The van der Waals surface area contributed by atoms with Crippen LogP contribution in [-0.2, 0) is 0 Å². The van der Waals surface area contributed by atoms with Gasteiger partial charge < -0.3 is 11.1 Å². The van der Waals surface area contributed by atoms with Crippen LogP contribution >= 0.6 is 11.6 Å². The number of carbonyl (C=O) groups excluding carboxylic acids is 1. The van der Waals surface area contributed by atoms with Crippen LogP contribution in [0.15, 0.2) is 30.3 Å². The maximum atomic E-state index is 13.8. The number of nitrogens with one attached hydrogen (secondary N) is 1. The van der Waals surface area contributed by atoms with Gasteiger partial charge in [-0.25, -0.2) is 8.78 Å². The molecule has 0 saturated heterocycles. The third-order valence-corrected chi connectivity index (χ3v) is 3.07. The topological polar surface area (TPSA) is 55.1 Å². The highest BCUT2D eigenvalue weighted by molar-refractivity contribution is 6.34. The monoisotopic (exact) mass is 296 g/mol. The first-order valence-electron chi connectivity index (χ1n) is 5.71. The molecule has 0 aliphatic carbocycles. The van der Waals surface area contributed by atoms with Crippen LogP contribution in [-0.4, -0.2) is 5.91 Å². The molecule has 1 amide bonds. The summed E-state index contributed by atoms with van der Waals surface area (Å²) in [6.07, 6.45) is 0. The molecule has 2 aromatic rings. The number of carbonyl (C=O) groups is 1. The molecule has 2 aromatic carbocycles.